The van der Waals surface area contributed by atoms with E-state index in [2.05, 4.69) is 41.1 Å². The lowest BCUT2D eigenvalue weighted by Gasteiger charge is -2.15. The summed E-state index contributed by atoms with van der Waals surface area (Å²) < 4.78 is 13.8. The van der Waals surface area contributed by atoms with E-state index in [1.54, 1.807) is 6.07 Å². The Morgan fingerprint density at radius 3 is 2.60 bits per heavy atom. The van der Waals surface area contributed by atoms with Gasteiger partial charge in [-0.15, -0.1) is 0 Å². The molecule has 20 heavy (non-hydrogen) atoms. The maximum Gasteiger partial charge on any atom is 0.124 e. The molecule has 0 aliphatic rings. The molecule has 0 spiro atoms. The molecule has 1 N–H and O–H groups in total. The summed E-state index contributed by atoms with van der Waals surface area (Å²) in [4.78, 5) is 0. The fourth-order valence-corrected chi connectivity index (χ4v) is 2.88. The Labute approximate surface area is 127 Å². The van der Waals surface area contributed by atoms with Crippen molar-refractivity contribution < 1.29 is 9.50 Å². The number of benzene rings is 2. The number of aliphatic hydroxyl groups is 1. The first-order valence-corrected chi connectivity index (χ1v) is 7.48. The zero-order valence-corrected chi connectivity index (χ0v) is 13.0. The van der Waals surface area contributed by atoms with Gasteiger partial charge >= 0.3 is 0 Å². The second-order valence-electron chi connectivity index (χ2n) is 5.18. The Kier molecular flexibility index (Phi) is 5.32. The molecule has 1 atom stereocenters. The van der Waals surface area contributed by atoms with Crippen LogP contribution in [0.4, 0.5) is 4.39 Å². The molecule has 0 aromatic heterocycles. The zero-order chi connectivity index (χ0) is 14.5. The van der Waals surface area contributed by atoms with Gasteiger partial charge in [0.25, 0.3) is 0 Å². The molecule has 106 valence electrons. The van der Waals surface area contributed by atoms with Crippen LogP contribution in [-0.4, -0.2) is 11.7 Å². The molecule has 1 unspecified atom stereocenters. The largest absolute Gasteiger partial charge is 0.396 e. The zero-order valence-electron chi connectivity index (χ0n) is 11.4. The van der Waals surface area contributed by atoms with Crippen LogP contribution in [0.5, 0.6) is 0 Å². The molecule has 2 aromatic rings. The van der Waals surface area contributed by atoms with Gasteiger partial charge in [0.15, 0.2) is 0 Å². The van der Waals surface area contributed by atoms with Crippen LogP contribution in [0.25, 0.3) is 0 Å². The summed E-state index contributed by atoms with van der Waals surface area (Å²) in [6, 6.07) is 13.0. The van der Waals surface area contributed by atoms with Gasteiger partial charge in [-0.2, -0.15) is 0 Å². The van der Waals surface area contributed by atoms with Crippen LogP contribution in [0.1, 0.15) is 16.7 Å². The first-order valence-electron chi connectivity index (χ1n) is 6.69. The highest BCUT2D eigenvalue weighted by Crippen LogP contribution is 2.23. The van der Waals surface area contributed by atoms with Crippen LogP contribution in [0.3, 0.4) is 0 Å². The van der Waals surface area contributed by atoms with Crippen LogP contribution in [0, 0.1) is 18.7 Å². The summed E-state index contributed by atoms with van der Waals surface area (Å²) in [5, 5.41) is 9.57. The Hall–Kier alpha value is -1.19. The molecule has 0 radical (unpaired) electrons. The maximum atomic E-state index is 13.1. The Balaban J connectivity index is 2.09. The van der Waals surface area contributed by atoms with E-state index in [1.807, 2.05) is 6.07 Å². The first-order chi connectivity index (χ1) is 9.58. The molecule has 0 saturated carbocycles. The lowest BCUT2D eigenvalue weighted by atomic mass is 9.93. The van der Waals surface area contributed by atoms with Crippen molar-refractivity contribution in [2.24, 2.45) is 5.92 Å². The average Bonchev–Trinajstić information content (AvgIpc) is 2.41. The molecule has 1 nitrogen and oxygen atoms in total. The van der Waals surface area contributed by atoms with E-state index in [0.29, 0.717) is 0 Å². The molecular formula is C17H18BrFO. The Bertz CT molecular complexity index is 583. The monoisotopic (exact) mass is 336 g/mol. The van der Waals surface area contributed by atoms with Gasteiger partial charge < -0.3 is 5.11 Å². The van der Waals surface area contributed by atoms with E-state index in [9.17, 15) is 9.50 Å². The van der Waals surface area contributed by atoms with Crippen molar-refractivity contribution in [1.82, 2.24) is 0 Å². The summed E-state index contributed by atoms with van der Waals surface area (Å²) in [5.41, 5.74) is 3.47. The normalized spacial score (nSPS) is 12.4. The predicted octanol–water partition coefficient (Wildman–Crippen LogP) is 4.29. The fraction of sp³-hybridized carbons (Fsp3) is 0.294. The molecule has 3 heteroatoms. The van der Waals surface area contributed by atoms with Crippen molar-refractivity contribution in [3.8, 4) is 0 Å². The van der Waals surface area contributed by atoms with E-state index >= 15 is 0 Å². The SMILES string of the molecule is Cc1cccc(CC(CO)Cc2ccc(F)cc2Br)c1. The lowest BCUT2D eigenvalue weighted by molar-refractivity contribution is 0.225. The highest BCUT2D eigenvalue weighted by atomic mass is 79.9. The van der Waals surface area contributed by atoms with Crippen LogP contribution >= 0.6 is 15.9 Å². The highest BCUT2D eigenvalue weighted by molar-refractivity contribution is 9.10. The molecule has 0 heterocycles. The van der Waals surface area contributed by atoms with E-state index in [1.165, 1.54) is 23.3 Å². The smallest absolute Gasteiger partial charge is 0.124 e. The minimum atomic E-state index is -0.250. The van der Waals surface area contributed by atoms with Crippen molar-refractivity contribution >= 4 is 15.9 Å². The minimum Gasteiger partial charge on any atom is -0.396 e. The quantitative estimate of drug-likeness (QED) is 0.863. The minimum absolute atomic E-state index is 0.123. The third kappa shape index (κ3) is 4.15. The molecule has 0 aliphatic carbocycles. The van der Waals surface area contributed by atoms with E-state index in [4.69, 9.17) is 0 Å². The van der Waals surface area contributed by atoms with Gasteiger partial charge in [-0.1, -0.05) is 51.8 Å². The Morgan fingerprint density at radius 1 is 1.15 bits per heavy atom. The number of rotatable bonds is 5. The molecule has 0 bridgehead atoms. The molecule has 0 saturated heterocycles. The molecule has 2 aromatic carbocycles. The predicted molar refractivity (Wildman–Crippen MR) is 83.3 cm³/mol. The summed E-state index contributed by atoms with van der Waals surface area (Å²) in [6.45, 7) is 2.19. The van der Waals surface area contributed by atoms with Crippen LogP contribution in [0.2, 0.25) is 0 Å². The van der Waals surface area contributed by atoms with Gasteiger partial charge in [-0.25, -0.2) is 4.39 Å². The highest BCUT2D eigenvalue weighted by Gasteiger charge is 2.12. The van der Waals surface area contributed by atoms with Crippen molar-refractivity contribution in [2.45, 2.75) is 19.8 Å². The van der Waals surface area contributed by atoms with E-state index in [-0.39, 0.29) is 18.3 Å². The number of hydrogen-bond acceptors (Lipinski definition) is 1. The lowest BCUT2D eigenvalue weighted by Crippen LogP contribution is -2.13. The number of halogens is 2. The summed E-state index contributed by atoms with van der Waals surface area (Å²) in [5.74, 6) is -0.113. The van der Waals surface area contributed by atoms with Crippen molar-refractivity contribution in [2.75, 3.05) is 6.61 Å². The van der Waals surface area contributed by atoms with Crippen molar-refractivity contribution in [1.29, 1.82) is 0 Å². The Morgan fingerprint density at radius 2 is 1.95 bits per heavy atom. The van der Waals surface area contributed by atoms with Gasteiger partial charge in [-0.3, -0.25) is 0 Å². The topological polar surface area (TPSA) is 20.2 Å². The average molecular weight is 337 g/mol. The second-order valence-corrected chi connectivity index (χ2v) is 6.04. The standard InChI is InChI=1S/C17H18BrFO/c1-12-3-2-4-13(7-12)8-14(11-20)9-15-5-6-16(19)10-17(15)18/h2-7,10,14,20H,8-9,11H2,1H3. The van der Waals surface area contributed by atoms with Gasteiger partial charge in [-0.05, 0) is 48.9 Å². The number of aryl methyl sites for hydroxylation is 1. The molecule has 0 aliphatic heterocycles. The second kappa shape index (κ2) is 7.00. The van der Waals surface area contributed by atoms with Gasteiger partial charge in [0.2, 0.25) is 0 Å². The van der Waals surface area contributed by atoms with Gasteiger partial charge in [0, 0.05) is 11.1 Å². The maximum absolute atomic E-state index is 13.1. The van der Waals surface area contributed by atoms with Crippen molar-refractivity contribution in [3.63, 3.8) is 0 Å². The molecular weight excluding hydrogens is 319 g/mol. The van der Waals surface area contributed by atoms with Gasteiger partial charge in [0.05, 0.1) is 0 Å². The fourth-order valence-electron chi connectivity index (χ4n) is 2.37. The summed E-state index contributed by atoms with van der Waals surface area (Å²) >= 11 is 3.38. The van der Waals surface area contributed by atoms with Crippen LogP contribution in [0.15, 0.2) is 46.9 Å². The van der Waals surface area contributed by atoms with Crippen molar-refractivity contribution in [3.05, 3.63) is 69.4 Å². The number of hydrogen-bond donors (Lipinski definition) is 1. The van der Waals surface area contributed by atoms with Gasteiger partial charge in [0.1, 0.15) is 5.82 Å². The molecule has 2 rings (SSSR count). The van der Waals surface area contributed by atoms with Crippen LogP contribution in [-0.2, 0) is 12.8 Å². The van der Waals surface area contributed by atoms with E-state index in [0.717, 1.165) is 22.9 Å². The summed E-state index contributed by atoms with van der Waals surface area (Å²) in [7, 11) is 0. The summed E-state index contributed by atoms with van der Waals surface area (Å²) in [6.07, 6.45) is 1.55. The number of aliphatic hydroxyl groups excluding tert-OH is 1. The first kappa shape index (κ1) is 15.2. The molecule has 0 fully saturated rings. The van der Waals surface area contributed by atoms with E-state index < -0.39 is 0 Å². The third-order valence-corrected chi connectivity index (χ3v) is 4.13. The molecule has 0 amide bonds. The van der Waals surface area contributed by atoms with Crippen LogP contribution < -0.4 is 0 Å². The third-order valence-electron chi connectivity index (χ3n) is 3.39.